The van der Waals surface area contributed by atoms with Crippen LogP contribution in [-0.2, 0) is 0 Å². The molecule has 0 amide bonds. The predicted octanol–water partition coefficient (Wildman–Crippen LogP) is 2.53. The standard InChI is InChI=1S/C4H6.C3H6/c1-4-2-3-4;1-3-2/h2H,3H2,1H3;3H,1H2,2H3. The van der Waals surface area contributed by atoms with Crippen LogP contribution in [0.1, 0.15) is 20.3 Å². The fraction of sp³-hybridized carbons (Fsp3) is 0.429. The Bertz CT molecular complexity index is 78.0. The molecule has 0 N–H and O–H groups in total. The van der Waals surface area contributed by atoms with E-state index in [2.05, 4.69) is 19.6 Å². The van der Waals surface area contributed by atoms with Gasteiger partial charge in [0.15, 0.2) is 0 Å². The molecule has 1 aliphatic carbocycles. The summed E-state index contributed by atoms with van der Waals surface area (Å²) < 4.78 is 0. The van der Waals surface area contributed by atoms with E-state index in [0.29, 0.717) is 0 Å². The molecule has 0 aromatic heterocycles. The normalized spacial score (nSPS) is 13.1. The topological polar surface area (TPSA) is 0 Å². The lowest BCUT2D eigenvalue weighted by atomic mass is 10.6. The van der Waals surface area contributed by atoms with Gasteiger partial charge in [0.2, 0.25) is 0 Å². The fourth-order valence-electron chi connectivity index (χ4n) is 0.102. The van der Waals surface area contributed by atoms with Crippen LogP contribution >= 0.6 is 0 Å². The summed E-state index contributed by atoms with van der Waals surface area (Å²) in [6.07, 6.45) is 5.24. The zero-order valence-electron chi connectivity index (χ0n) is 5.07. The molecule has 0 saturated carbocycles. The largest absolute Gasteiger partial charge is 0.103 e. The van der Waals surface area contributed by atoms with Gasteiger partial charge in [-0.1, -0.05) is 17.7 Å². The second-order valence-electron chi connectivity index (χ2n) is 1.66. The van der Waals surface area contributed by atoms with Gasteiger partial charge in [-0.3, -0.25) is 0 Å². The maximum Gasteiger partial charge on any atom is -0.0139 e. The van der Waals surface area contributed by atoms with Crippen molar-refractivity contribution in [2.45, 2.75) is 20.3 Å². The third kappa shape index (κ3) is 10.8. The monoisotopic (exact) mass is 96.1 g/mol. The number of hydrogen-bond donors (Lipinski definition) is 0. The van der Waals surface area contributed by atoms with Gasteiger partial charge in [0.1, 0.15) is 0 Å². The minimum atomic E-state index is 1.28. The van der Waals surface area contributed by atoms with Crippen molar-refractivity contribution < 1.29 is 0 Å². The van der Waals surface area contributed by atoms with E-state index >= 15 is 0 Å². The Labute approximate surface area is 45.5 Å². The third-order valence-electron chi connectivity index (χ3n) is 0.612. The van der Waals surface area contributed by atoms with Crippen molar-refractivity contribution >= 4 is 0 Å². The van der Waals surface area contributed by atoms with Crippen molar-refractivity contribution in [1.29, 1.82) is 0 Å². The van der Waals surface area contributed by atoms with E-state index in [1.165, 1.54) is 6.42 Å². The number of rotatable bonds is 0. The van der Waals surface area contributed by atoms with Gasteiger partial charge < -0.3 is 0 Å². The van der Waals surface area contributed by atoms with Crippen LogP contribution in [0.2, 0.25) is 0 Å². The maximum absolute atomic E-state index is 3.36. The van der Waals surface area contributed by atoms with Crippen molar-refractivity contribution in [2.24, 2.45) is 0 Å². The quantitative estimate of drug-likeness (QED) is 0.406. The molecule has 1 rings (SSSR count). The summed E-state index contributed by atoms with van der Waals surface area (Å²) in [7, 11) is 0. The van der Waals surface area contributed by atoms with E-state index in [-0.39, 0.29) is 0 Å². The van der Waals surface area contributed by atoms with Gasteiger partial charge in [-0.05, 0) is 20.3 Å². The summed E-state index contributed by atoms with van der Waals surface area (Å²) in [6, 6.07) is 0. The number of allylic oxidation sites excluding steroid dienone is 3. The van der Waals surface area contributed by atoms with Gasteiger partial charge in [0, 0.05) is 0 Å². The third-order valence-corrected chi connectivity index (χ3v) is 0.612. The smallest absolute Gasteiger partial charge is 0.0139 e. The summed E-state index contributed by atoms with van der Waals surface area (Å²) in [5, 5.41) is 0. The Morgan fingerprint density at radius 2 is 2.00 bits per heavy atom. The summed E-state index contributed by atoms with van der Waals surface area (Å²) in [6.45, 7) is 7.39. The lowest BCUT2D eigenvalue weighted by molar-refractivity contribution is 1.48. The molecule has 0 fully saturated rings. The van der Waals surface area contributed by atoms with Gasteiger partial charge in [0.25, 0.3) is 0 Å². The molecule has 40 valence electrons. The van der Waals surface area contributed by atoms with Crippen molar-refractivity contribution in [3.63, 3.8) is 0 Å². The molecule has 7 heavy (non-hydrogen) atoms. The first kappa shape index (κ1) is 6.48. The molecule has 0 atom stereocenters. The highest BCUT2D eigenvalue weighted by molar-refractivity contribution is 5.17. The molecule has 0 radical (unpaired) electrons. The van der Waals surface area contributed by atoms with Gasteiger partial charge in [-0.2, -0.15) is 0 Å². The minimum Gasteiger partial charge on any atom is -0.103 e. The van der Waals surface area contributed by atoms with E-state index in [1.807, 2.05) is 6.92 Å². The molecule has 0 aliphatic heterocycles. The maximum atomic E-state index is 3.36. The molecule has 0 heteroatoms. The lowest BCUT2D eigenvalue weighted by Gasteiger charge is -1.47. The van der Waals surface area contributed by atoms with Gasteiger partial charge in [-0.25, -0.2) is 0 Å². The Kier molecular flexibility index (Phi) is 3.39. The van der Waals surface area contributed by atoms with Gasteiger partial charge in [-0.15, -0.1) is 6.58 Å². The van der Waals surface area contributed by atoms with Crippen LogP contribution in [0.25, 0.3) is 0 Å². The molecule has 0 unspecified atom stereocenters. The Morgan fingerprint density at radius 3 is 2.00 bits per heavy atom. The van der Waals surface area contributed by atoms with Crippen LogP contribution in [0.4, 0.5) is 0 Å². The molecule has 0 heterocycles. The molecule has 0 saturated heterocycles. The summed E-state index contributed by atoms with van der Waals surface area (Å²) >= 11 is 0. The Hall–Kier alpha value is -0.520. The van der Waals surface area contributed by atoms with Gasteiger partial charge in [0.05, 0.1) is 0 Å². The summed E-state index contributed by atoms with van der Waals surface area (Å²) in [5.41, 5.74) is 1.54. The molecule has 0 aromatic carbocycles. The zero-order valence-corrected chi connectivity index (χ0v) is 5.07. The van der Waals surface area contributed by atoms with Crippen LogP contribution in [0.3, 0.4) is 0 Å². The van der Waals surface area contributed by atoms with Crippen LogP contribution in [0.5, 0.6) is 0 Å². The van der Waals surface area contributed by atoms with Crippen molar-refractivity contribution in [3.05, 3.63) is 24.3 Å². The average molecular weight is 96.2 g/mol. The van der Waals surface area contributed by atoms with E-state index < -0.39 is 0 Å². The first-order chi connectivity index (χ1) is 3.31. The summed E-state index contributed by atoms with van der Waals surface area (Å²) in [5.74, 6) is 0. The Balaban J connectivity index is 0.000000110. The lowest BCUT2D eigenvalue weighted by Crippen LogP contribution is -1.26. The minimum absolute atomic E-state index is 1.28. The second-order valence-corrected chi connectivity index (χ2v) is 1.66. The Morgan fingerprint density at radius 1 is 1.86 bits per heavy atom. The fourth-order valence-corrected chi connectivity index (χ4v) is 0.102. The van der Waals surface area contributed by atoms with Crippen molar-refractivity contribution in [1.82, 2.24) is 0 Å². The predicted molar refractivity (Wildman–Crippen MR) is 34.2 cm³/mol. The van der Waals surface area contributed by atoms with E-state index in [1.54, 1.807) is 11.6 Å². The van der Waals surface area contributed by atoms with Crippen LogP contribution in [-0.4, -0.2) is 0 Å². The highest BCUT2D eigenvalue weighted by Crippen LogP contribution is 2.14. The van der Waals surface area contributed by atoms with Gasteiger partial charge >= 0.3 is 0 Å². The SMILES string of the molecule is C=CC.CC1=CC1. The first-order valence-electron chi connectivity index (χ1n) is 2.54. The van der Waals surface area contributed by atoms with Crippen LogP contribution < -0.4 is 0 Å². The molecule has 0 nitrogen and oxygen atoms in total. The molecular formula is C7H12. The van der Waals surface area contributed by atoms with Crippen molar-refractivity contribution in [3.8, 4) is 0 Å². The zero-order chi connectivity index (χ0) is 5.70. The summed E-state index contributed by atoms with van der Waals surface area (Å²) in [4.78, 5) is 0. The molecule has 0 aromatic rings. The first-order valence-corrected chi connectivity index (χ1v) is 2.54. The second kappa shape index (κ2) is 3.66. The van der Waals surface area contributed by atoms with Crippen LogP contribution in [0, 0.1) is 0 Å². The molecule has 0 bridgehead atoms. The van der Waals surface area contributed by atoms with E-state index in [4.69, 9.17) is 0 Å². The molecular weight excluding hydrogens is 84.1 g/mol. The highest BCUT2D eigenvalue weighted by Gasteiger charge is 1.94. The molecule has 0 spiro atoms. The number of hydrogen-bond acceptors (Lipinski definition) is 0. The highest BCUT2D eigenvalue weighted by atomic mass is 14.0. The molecule has 1 aliphatic rings. The average Bonchev–Trinajstić information content (AvgIpc) is 2.25. The van der Waals surface area contributed by atoms with Crippen LogP contribution in [0.15, 0.2) is 24.3 Å². The van der Waals surface area contributed by atoms with Crippen molar-refractivity contribution in [2.75, 3.05) is 0 Å². The van der Waals surface area contributed by atoms with E-state index in [0.717, 1.165) is 0 Å². The van der Waals surface area contributed by atoms with E-state index in [9.17, 15) is 0 Å².